The van der Waals surface area contributed by atoms with Gasteiger partial charge in [0.15, 0.2) is 0 Å². The van der Waals surface area contributed by atoms with Gasteiger partial charge in [-0.2, -0.15) is 0 Å². The molecule has 0 aromatic carbocycles. The van der Waals surface area contributed by atoms with Crippen molar-refractivity contribution in [1.29, 1.82) is 0 Å². The smallest absolute Gasteiger partial charge is 0.0139 e. The number of nitrogens with zero attached hydrogens (tertiary/aromatic N) is 1. The molecule has 0 amide bonds. The summed E-state index contributed by atoms with van der Waals surface area (Å²) >= 11 is 0. The minimum absolute atomic E-state index is 0.345. The molecular weight excluding hydrogens is 172 g/mol. The van der Waals surface area contributed by atoms with Crippen LogP contribution in [0.2, 0.25) is 0 Å². The standard InChI is InChI=1S/C12H24N2/c1-11(13)8-14-9-12(10-14)6-4-2-3-5-7-12/h11H,2-10,13H2,1H3. The molecule has 1 aliphatic carbocycles. The van der Waals surface area contributed by atoms with Gasteiger partial charge in [0, 0.05) is 25.7 Å². The van der Waals surface area contributed by atoms with E-state index in [4.69, 9.17) is 5.73 Å². The number of hydrogen-bond acceptors (Lipinski definition) is 2. The van der Waals surface area contributed by atoms with E-state index in [-0.39, 0.29) is 0 Å². The maximum atomic E-state index is 5.81. The molecule has 2 aliphatic rings. The first kappa shape index (κ1) is 10.4. The maximum Gasteiger partial charge on any atom is 0.0139 e. The first-order valence-electron chi connectivity index (χ1n) is 6.18. The van der Waals surface area contributed by atoms with Crippen LogP contribution in [0.4, 0.5) is 0 Å². The number of rotatable bonds is 2. The van der Waals surface area contributed by atoms with Crippen molar-refractivity contribution in [3.05, 3.63) is 0 Å². The molecule has 2 heteroatoms. The lowest BCUT2D eigenvalue weighted by molar-refractivity contribution is -0.0140. The molecule has 2 fully saturated rings. The van der Waals surface area contributed by atoms with Crippen LogP contribution in [0.25, 0.3) is 0 Å². The van der Waals surface area contributed by atoms with E-state index >= 15 is 0 Å². The fourth-order valence-corrected chi connectivity index (χ4v) is 3.23. The van der Waals surface area contributed by atoms with Gasteiger partial charge in [-0.05, 0) is 25.2 Å². The monoisotopic (exact) mass is 196 g/mol. The molecule has 2 rings (SSSR count). The summed E-state index contributed by atoms with van der Waals surface area (Å²) < 4.78 is 0. The van der Waals surface area contributed by atoms with Crippen LogP contribution in [0.5, 0.6) is 0 Å². The van der Waals surface area contributed by atoms with Crippen LogP contribution in [0.1, 0.15) is 45.4 Å². The summed E-state index contributed by atoms with van der Waals surface area (Å²) in [6.45, 7) is 5.86. The Balaban J connectivity index is 1.78. The van der Waals surface area contributed by atoms with Crippen molar-refractivity contribution in [2.24, 2.45) is 11.1 Å². The molecule has 1 aliphatic heterocycles. The van der Waals surface area contributed by atoms with Gasteiger partial charge in [0.2, 0.25) is 0 Å². The van der Waals surface area contributed by atoms with Gasteiger partial charge in [0.05, 0.1) is 0 Å². The molecule has 0 aromatic rings. The zero-order chi connectivity index (χ0) is 10.0. The van der Waals surface area contributed by atoms with E-state index in [2.05, 4.69) is 11.8 Å². The summed E-state index contributed by atoms with van der Waals surface area (Å²) in [5, 5.41) is 0. The number of likely N-dealkylation sites (tertiary alicyclic amines) is 1. The van der Waals surface area contributed by atoms with Crippen LogP contribution in [0, 0.1) is 5.41 Å². The minimum Gasteiger partial charge on any atom is -0.327 e. The van der Waals surface area contributed by atoms with Crippen LogP contribution in [0.15, 0.2) is 0 Å². The SMILES string of the molecule is CC(N)CN1CC2(CCCCCC2)C1. The molecular formula is C12H24N2. The van der Waals surface area contributed by atoms with Crippen molar-refractivity contribution in [3.63, 3.8) is 0 Å². The van der Waals surface area contributed by atoms with Gasteiger partial charge in [-0.15, -0.1) is 0 Å². The van der Waals surface area contributed by atoms with E-state index in [1.165, 1.54) is 51.6 Å². The van der Waals surface area contributed by atoms with Gasteiger partial charge in [-0.1, -0.05) is 25.7 Å². The third kappa shape index (κ3) is 2.29. The molecule has 82 valence electrons. The van der Waals surface area contributed by atoms with Crippen LogP contribution < -0.4 is 5.73 Å². The zero-order valence-corrected chi connectivity index (χ0v) is 9.47. The Morgan fingerprint density at radius 1 is 1.14 bits per heavy atom. The van der Waals surface area contributed by atoms with Crippen molar-refractivity contribution >= 4 is 0 Å². The number of nitrogens with two attached hydrogens (primary N) is 1. The molecule has 0 aromatic heterocycles. The molecule has 2 N–H and O–H groups in total. The topological polar surface area (TPSA) is 29.3 Å². The lowest BCUT2D eigenvalue weighted by Crippen LogP contribution is -2.58. The quantitative estimate of drug-likeness (QED) is 0.732. The van der Waals surface area contributed by atoms with E-state index in [0.29, 0.717) is 11.5 Å². The van der Waals surface area contributed by atoms with E-state index in [1.807, 2.05) is 0 Å². The fourth-order valence-electron chi connectivity index (χ4n) is 3.23. The van der Waals surface area contributed by atoms with E-state index in [1.54, 1.807) is 0 Å². The second-order valence-electron chi connectivity index (χ2n) is 5.56. The van der Waals surface area contributed by atoms with Gasteiger partial charge in [0.25, 0.3) is 0 Å². The van der Waals surface area contributed by atoms with E-state index in [0.717, 1.165) is 6.54 Å². The van der Waals surface area contributed by atoms with Gasteiger partial charge in [-0.3, -0.25) is 0 Å². The van der Waals surface area contributed by atoms with Crippen LogP contribution in [-0.4, -0.2) is 30.6 Å². The molecule has 1 spiro atoms. The summed E-state index contributed by atoms with van der Waals surface area (Å²) in [5.74, 6) is 0. The Kier molecular flexibility index (Phi) is 3.13. The predicted octanol–water partition coefficient (Wildman–Crippen LogP) is 1.99. The summed E-state index contributed by atoms with van der Waals surface area (Å²) in [4.78, 5) is 2.54. The summed E-state index contributed by atoms with van der Waals surface area (Å²) in [7, 11) is 0. The summed E-state index contributed by atoms with van der Waals surface area (Å²) in [6, 6.07) is 0.345. The van der Waals surface area contributed by atoms with Crippen LogP contribution in [-0.2, 0) is 0 Å². The van der Waals surface area contributed by atoms with Crippen LogP contribution in [0.3, 0.4) is 0 Å². The minimum atomic E-state index is 0.345. The average Bonchev–Trinajstić information content (AvgIpc) is 2.27. The van der Waals surface area contributed by atoms with Crippen molar-refractivity contribution < 1.29 is 0 Å². The first-order valence-corrected chi connectivity index (χ1v) is 6.18. The predicted molar refractivity (Wildman–Crippen MR) is 60.2 cm³/mol. The molecule has 1 atom stereocenters. The molecule has 1 unspecified atom stereocenters. The molecule has 1 saturated carbocycles. The molecule has 0 radical (unpaired) electrons. The second kappa shape index (κ2) is 4.19. The molecule has 1 saturated heterocycles. The summed E-state index contributed by atoms with van der Waals surface area (Å²) in [5.41, 5.74) is 6.52. The van der Waals surface area contributed by atoms with Gasteiger partial charge >= 0.3 is 0 Å². The highest BCUT2D eigenvalue weighted by atomic mass is 15.2. The van der Waals surface area contributed by atoms with Crippen LogP contribution >= 0.6 is 0 Å². The molecule has 0 bridgehead atoms. The van der Waals surface area contributed by atoms with Crippen molar-refractivity contribution in [2.75, 3.05) is 19.6 Å². The normalized spacial score (nSPS) is 29.6. The molecule has 2 nitrogen and oxygen atoms in total. The largest absolute Gasteiger partial charge is 0.327 e. The highest BCUT2D eigenvalue weighted by molar-refractivity contribution is 4.96. The maximum absolute atomic E-state index is 5.81. The highest BCUT2D eigenvalue weighted by Crippen LogP contribution is 2.42. The zero-order valence-electron chi connectivity index (χ0n) is 9.47. The van der Waals surface area contributed by atoms with Gasteiger partial charge in [-0.25, -0.2) is 0 Å². The fraction of sp³-hybridized carbons (Fsp3) is 1.00. The van der Waals surface area contributed by atoms with Crippen molar-refractivity contribution in [2.45, 2.75) is 51.5 Å². The first-order chi connectivity index (χ1) is 6.70. The highest BCUT2D eigenvalue weighted by Gasteiger charge is 2.42. The van der Waals surface area contributed by atoms with Crippen molar-refractivity contribution in [1.82, 2.24) is 4.90 Å². The Hall–Kier alpha value is -0.0800. The van der Waals surface area contributed by atoms with Crippen molar-refractivity contribution in [3.8, 4) is 0 Å². The number of hydrogen-bond donors (Lipinski definition) is 1. The Morgan fingerprint density at radius 3 is 2.21 bits per heavy atom. The molecule has 1 heterocycles. The van der Waals surface area contributed by atoms with E-state index < -0.39 is 0 Å². The Bertz CT molecular complexity index is 173. The van der Waals surface area contributed by atoms with E-state index in [9.17, 15) is 0 Å². The van der Waals surface area contributed by atoms with Gasteiger partial charge < -0.3 is 10.6 Å². The lowest BCUT2D eigenvalue weighted by atomic mass is 9.73. The third-order valence-electron chi connectivity index (χ3n) is 3.83. The lowest BCUT2D eigenvalue weighted by Gasteiger charge is -2.51. The Labute approximate surface area is 87.8 Å². The van der Waals surface area contributed by atoms with Gasteiger partial charge in [0.1, 0.15) is 0 Å². The second-order valence-corrected chi connectivity index (χ2v) is 5.56. The average molecular weight is 196 g/mol. The Morgan fingerprint density at radius 2 is 1.71 bits per heavy atom. The molecule has 14 heavy (non-hydrogen) atoms. The third-order valence-corrected chi connectivity index (χ3v) is 3.83. The summed E-state index contributed by atoms with van der Waals surface area (Å²) in [6.07, 6.45) is 8.81.